The van der Waals surface area contributed by atoms with Crippen LogP contribution in [0.1, 0.15) is 49.9 Å². The number of rotatable bonds is 11. The van der Waals surface area contributed by atoms with Crippen LogP contribution in [0.5, 0.6) is 0 Å². The predicted molar refractivity (Wildman–Crippen MR) is 296 cm³/mol. The monoisotopic (exact) mass is 902 g/mol. The molecule has 0 amide bonds. The Kier molecular flexibility index (Phi) is 10.8. The second-order valence-corrected chi connectivity index (χ2v) is 18.9. The molecule has 1 heterocycles. The van der Waals surface area contributed by atoms with E-state index >= 15 is 0 Å². The maximum absolute atomic E-state index is 7.18. The first kappa shape index (κ1) is 42.9. The quantitative estimate of drug-likeness (QED) is 0.129. The van der Waals surface area contributed by atoms with Crippen LogP contribution >= 0.6 is 0 Å². The third-order valence-electron chi connectivity index (χ3n) is 14.6. The van der Waals surface area contributed by atoms with E-state index in [9.17, 15) is 0 Å². The summed E-state index contributed by atoms with van der Waals surface area (Å²) in [6.07, 6.45) is 1.72. The summed E-state index contributed by atoms with van der Waals surface area (Å²) in [6.45, 7) is 9.49. The van der Waals surface area contributed by atoms with E-state index in [2.05, 4.69) is 268 Å². The highest BCUT2D eigenvalue weighted by molar-refractivity contribution is 6.19. The Balaban J connectivity index is 1.07. The van der Waals surface area contributed by atoms with Gasteiger partial charge in [-0.3, -0.25) is 0 Å². The molecule has 0 bridgehead atoms. The van der Waals surface area contributed by atoms with E-state index in [4.69, 9.17) is 4.42 Å². The van der Waals surface area contributed by atoms with E-state index in [-0.39, 0.29) is 5.41 Å². The van der Waals surface area contributed by atoms with Gasteiger partial charge in [-0.25, -0.2) is 0 Å². The second kappa shape index (κ2) is 17.6. The number of para-hydroxylation sites is 5. The Bertz CT molecular complexity index is 3700. The van der Waals surface area contributed by atoms with Crippen molar-refractivity contribution in [2.24, 2.45) is 0 Å². The molecule has 70 heavy (non-hydrogen) atoms. The molecule has 0 radical (unpaired) electrons. The highest BCUT2D eigenvalue weighted by atomic mass is 16.3. The van der Waals surface area contributed by atoms with Gasteiger partial charge < -0.3 is 14.2 Å². The molecular formula is C67H54N2O. The lowest BCUT2D eigenvalue weighted by Gasteiger charge is -2.30. The van der Waals surface area contributed by atoms with Gasteiger partial charge >= 0.3 is 0 Å². The largest absolute Gasteiger partial charge is 0.455 e. The normalized spacial score (nSPS) is 12.5. The van der Waals surface area contributed by atoms with Gasteiger partial charge in [-0.15, -0.1) is 0 Å². The van der Waals surface area contributed by atoms with Gasteiger partial charge in [-0.2, -0.15) is 0 Å². The van der Waals surface area contributed by atoms with Gasteiger partial charge in [0.25, 0.3) is 0 Å². The summed E-state index contributed by atoms with van der Waals surface area (Å²) in [4.78, 5) is 4.85. The van der Waals surface area contributed by atoms with Gasteiger partial charge in [-0.05, 0) is 130 Å². The molecule has 0 saturated carbocycles. The van der Waals surface area contributed by atoms with Crippen LogP contribution in [0.15, 0.2) is 235 Å². The SMILES string of the molecule is CCc1cc(N(c2ccccc2)c2ccccc2-c2ccccc2)ccc1-c1c(CC)c2c(c3oc4ccccc4c13)-c1ccc(N(c3ccccc3)c3ccccc3-c3ccccc3)cc1C2(C)C. The molecule has 1 aliphatic carbocycles. The topological polar surface area (TPSA) is 19.6 Å². The Labute approximate surface area is 411 Å². The molecule has 1 aliphatic rings. The number of nitrogens with zero attached hydrogens (tertiary/aromatic N) is 2. The maximum Gasteiger partial charge on any atom is 0.144 e. The van der Waals surface area contributed by atoms with E-state index < -0.39 is 0 Å². The number of furan rings is 1. The number of hydrogen-bond donors (Lipinski definition) is 0. The van der Waals surface area contributed by atoms with Crippen molar-refractivity contribution < 1.29 is 4.42 Å². The molecule has 0 atom stereocenters. The summed E-state index contributed by atoms with van der Waals surface area (Å²) in [6, 6.07) is 83.5. The van der Waals surface area contributed by atoms with Crippen LogP contribution in [-0.2, 0) is 18.3 Å². The van der Waals surface area contributed by atoms with Gasteiger partial charge in [0.15, 0.2) is 0 Å². The average Bonchev–Trinajstić information content (AvgIpc) is 3.92. The summed E-state index contributed by atoms with van der Waals surface area (Å²) in [5, 5.41) is 2.34. The van der Waals surface area contributed by atoms with Crippen molar-refractivity contribution in [3.8, 4) is 44.5 Å². The summed E-state index contributed by atoms with van der Waals surface area (Å²) in [7, 11) is 0. The van der Waals surface area contributed by atoms with Crippen molar-refractivity contribution in [2.45, 2.75) is 46.0 Å². The molecule has 338 valence electrons. The zero-order valence-electron chi connectivity index (χ0n) is 40.2. The fraction of sp³-hybridized carbons (Fsp3) is 0.104. The molecule has 0 unspecified atom stereocenters. The van der Waals surface area contributed by atoms with E-state index in [1.807, 2.05) is 0 Å². The fourth-order valence-electron chi connectivity index (χ4n) is 11.5. The highest BCUT2D eigenvalue weighted by Gasteiger charge is 2.42. The molecule has 0 aliphatic heterocycles. The number of anilines is 6. The predicted octanol–water partition coefficient (Wildman–Crippen LogP) is 19.0. The zero-order valence-corrected chi connectivity index (χ0v) is 40.2. The van der Waals surface area contributed by atoms with Crippen molar-refractivity contribution in [2.75, 3.05) is 9.80 Å². The molecule has 0 N–H and O–H groups in total. The minimum Gasteiger partial charge on any atom is -0.455 e. The third kappa shape index (κ3) is 7.03. The second-order valence-electron chi connectivity index (χ2n) is 18.9. The van der Waals surface area contributed by atoms with E-state index in [1.165, 1.54) is 72.1 Å². The third-order valence-corrected chi connectivity index (χ3v) is 14.6. The number of benzene rings is 10. The summed E-state index contributed by atoms with van der Waals surface area (Å²) in [5.74, 6) is 0. The lowest BCUT2D eigenvalue weighted by atomic mass is 9.76. The lowest BCUT2D eigenvalue weighted by Crippen LogP contribution is -2.19. The summed E-state index contributed by atoms with van der Waals surface area (Å²) in [5.41, 5.74) is 23.3. The number of hydrogen-bond acceptors (Lipinski definition) is 3. The van der Waals surface area contributed by atoms with Gasteiger partial charge in [0, 0.05) is 55.6 Å². The van der Waals surface area contributed by atoms with Crippen molar-refractivity contribution in [1.29, 1.82) is 0 Å². The first-order chi connectivity index (χ1) is 34.4. The van der Waals surface area contributed by atoms with Crippen LogP contribution in [0.2, 0.25) is 0 Å². The Morgan fingerprint density at radius 2 is 0.900 bits per heavy atom. The first-order valence-electron chi connectivity index (χ1n) is 24.7. The van der Waals surface area contributed by atoms with E-state index in [1.54, 1.807) is 0 Å². The lowest BCUT2D eigenvalue weighted by molar-refractivity contribution is 0.647. The van der Waals surface area contributed by atoms with Crippen LogP contribution < -0.4 is 9.80 Å². The van der Waals surface area contributed by atoms with Crippen LogP contribution in [0.25, 0.3) is 66.4 Å². The first-order valence-corrected chi connectivity index (χ1v) is 24.7. The smallest absolute Gasteiger partial charge is 0.144 e. The minimum absolute atomic E-state index is 0.354. The Morgan fingerprint density at radius 3 is 1.46 bits per heavy atom. The molecule has 0 fully saturated rings. The van der Waals surface area contributed by atoms with Gasteiger partial charge in [0.2, 0.25) is 0 Å². The standard InChI is InChI=1S/C67H54N2O/c1-5-45-43-50(68(48-29-15-9-16-30-48)59-36-22-19-33-53(59)46-25-11-7-12-26-46)39-41-55(45)62-52(6-2)65-64(66-63(62)57-35-21-24-38-61(57)70-66)56-42-40-51(44-58(56)67(65,3)4)69(49-31-17-10-18-32-49)60-37-23-20-34-54(60)47-27-13-8-14-28-47/h7-44H,5-6H2,1-4H3. The molecule has 11 aromatic rings. The Hall–Kier alpha value is -8.40. The van der Waals surface area contributed by atoms with Crippen LogP contribution in [0.4, 0.5) is 34.1 Å². The van der Waals surface area contributed by atoms with Gasteiger partial charge in [0.1, 0.15) is 11.2 Å². The molecule has 10 aromatic carbocycles. The zero-order chi connectivity index (χ0) is 47.3. The number of aryl methyl sites for hydroxylation is 1. The summed E-state index contributed by atoms with van der Waals surface area (Å²) < 4.78 is 7.18. The Morgan fingerprint density at radius 1 is 0.414 bits per heavy atom. The maximum atomic E-state index is 7.18. The van der Waals surface area contributed by atoms with E-state index in [0.29, 0.717) is 0 Å². The van der Waals surface area contributed by atoms with Crippen LogP contribution in [0, 0.1) is 0 Å². The van der Waals surface area contributed by atoms with Crippen molar-refractivity contribution in [1.82, 2.24) is 0 Å². The summed E-state index contributed by atoms with van der Waals surface area (Å²) >= 11 is 0. The highest BCUT2D eigenvalue weighted by Crippen LogP contribution is 2.59. The average molecular weight is 903 g/mol. The van der Waals surface area contributed by atoms with Crippen molar-refractivity contribution in [3.63, 3.8) is 0 Å². The van der Waals surface area contributed by atoms with Crippen LogP contribution in [-0.4, -0.2) is 0 Å². The molecule has 1 aromatic heterocycles. The molecule has 3 nitrogen and oxygen atoms in total. The van der Waals surface area contributed by atoms with Gasteiger partial charge in [0.05, 0.1) is 11.4 Å². The molecule has 3 heteroatoms. The van der Waals surface area contributed by atoms with Crippen molar-refractivity contribution in [3.05, 3.63) is 253 Å². The molecule has 0 spiro atoms. The van der Waals surface area contributed by atoms with Crippen LogP contribution in [0.3, 0.4) is 0 Å². The molecule has 0 saturated heterocycles. The fourth-order valence-corrected chi connectivity index (χ4v) is 11.5. The molecule has 12 rings (SSSR count). The molecular weight excluding hydrogens is 849 g/mol. The van der Waals surface area contributed by atoms with Gasteiger partial charge in [-0.1, -0.05) is 191 Å². The minimum atomic E-state index is -0.354. The number of fused-ring (bicyclic) bond motifs is 7. The van der Waals surface area contributed by atoms with Crippen molar-refractivity contribution >= 4 is 56.1 Å². The van der Waals surface area contributed by atoms with E-state index in [0.717, 1.165) is 63.5 Å².